The summed E-state index contributed by atoms with van der Waals surface area (Å²) >= 11 is 0. The third kappa shape index (κ3) is 6.75. The van der Waals surface area contributed by atoms with Crippen molar-refractivity contribution < 1.29 is 4.79 Å². The van der Waals surface area contributed by atoms with Gasteiger partial charge in [-0.3, -0.25) is 9.69 Å². The van der Waals surface area contributed by atoms with Gasteiger partial charge in [0.25, 0.3) is 0 Å². The van der Waals surface area contributed by atoms with Gasteiger partial charge in [-0.2, -0.15) is 10.5 Å². The third-order valence-corrected chi connectivity index (χ3v) is 6.47. The molecule has 1 aromatic rings. The standard InChI is InChI=1S/C24H33N5O/c25-12-2-1-6-24(30)27-22-9-7-20(8-10-22)11-13-28-14-16-29(17-15-28)23-5-3-4-21(18-23)19-26/h3-5,18,20,22H,1-2,6-11,13-17H2,(H,27,30). The first-order valence-electron chi connectivity index (χ1n) is 11.3. The molecule has 1 heterocycles. The SMILES string of the molecule is N#CCCCC(=O)NC1CCC(CCN2CCN(c3cccc(C#N)c3)CC2)CC1. The van der Waals surface area contributed by atoms with E-state index in [-0.39, 0.29) is 5.91 Å². The Morgan fingerprint density at radius 2 is 1.87 bits per heavy atom. The number of carbonyl (C=O) groups excluding carboxylic acids is 1. The van der Waals surface area contributed by atoms with Gasteiger partial charge in [0.15, 0.2) is 0 Å². The summed E-state index contributed by atoms with van der Waals surface area (Å²) in [5, 5.41) is 20.8. The molecule has 0 atom stereocenters. The molecule has 0 aromatic heterocycles. The molecular weight excluding hydrogens is 374 g/mol. The molecule has 1 saturated heterocycles. The number of nitriles is 2. The molecule has 0 radical (unpaired) electrons. The maximum Gasteiger partial charge on any atom is 0.220 e. The summed E-state index contributed by atoms with van der Waals surface area (Å²) in [6, 6.07) is 12.5. The Morgan fingerprint density at radius 1 is 1.10 bits per heavy atom. The zero-order valence-electron chi connectivity index (χ0n) is 17.9. The summed E-state index contributed by atoms with van der Waals surface area (Å²) in [7, 11) is 0. The van der Waals surface area contributed by atoms with Crippen LogP contribution in [0, 0.1) is 28.6 Å². The van der Waals surface area contributed by atoms with Gasteiger partial charge in [-0.1, -0.05) is 6.07 Å². The second kappa shape index (κ2) is 11.6. The first-order chi connectivity index (χ1) is 14.7. The predicted molar refractivity (Wildman–Crippen MR) is 118 cm³/mol. The smallest absolute Gasteiger partial charge is 0.220 e. The quantitative estimate of drug-likeness (QED) is 0.668. The maximum absolute atomic E-state index is 11.9. The van der Waals surface area contributed by atoms with Crippen molar-refractivity contribution in [3.63, 3.8) is 0 Å². The van der Waals surface area contributed by atoms with Crippen LogP contribution >= 0.6 is 0 Å². The van der Waals surface area contributed by atoms with Crippen molar-refractivity contribution in [3.8, 4) is 12.1 Å². The minimum Gasteiger partial charge on any atom is -0.369 e. The number of carbonyl (C=O) groups is 1. The number of hydrogen-bond donors (Lipinski definition) is 1. The van der Waals surface area contributed by atoms with Crippen LogP contribution < -0.4 is 10.2 Å². The Morgan fingerprint density at radius 3 is 2.57 bits per heavy atom. The minimum absolute atomic E-state index is 0.104. The van der Waals surface area contributed by atoms with Crippen LogP contribution in [0.5, 0.6) is 0 Å². The van der Waals surface area contributed by atoms with Crippen molar-refractivity contribution >= 4 is 11.6 Å². The lowest BCUT2D eigenvalue weighted by Crippen LogP contribution is -2.47. The first-order valence-corrected chi connectivity index (χ1v) is 11.3. The van der Waals surface area contributed by atoms with E-state index in [0.29, 0.717) is 25.3 Å². The van der Waals surface area contributed by atoms with Gasteiger partial charge in [-0.25, -0.2) is 0 Å². The lowest BCUT2D eigenvalue weighted by atomic mass is 9.84. The van der Waals surface area contributed by atoms with E-state index >= 15 is 0 Å². The van der Waals surface area contributed by atoms with Gasteiger partial charge in [-0.15, -0.1) is 0 Å². The fourth-order valence-electron chi connectivity index (χ4n) is 4.59. The zero-order chi connectivity index (χ0) is 21.2. The Labute approximate surface area is 180 Å². The monoisotopic (exact) mass is 407 g/mol. The average molecular weight is 408 g/mol. The zero-order valence-corrected chi connectivity index (χ0v) is 17.9. The molecule has 2 aliphatic rings. The van der Waals surface area contributed by atoms with Crippen molar-refractivity contribution in [1.29, 1.82) is 10.5 Å². The van der Waals surface area contributed by atoms with Gasteiger partial charge >= 0.3 is 0 Å². The summed E-state index contributed by atoms with van der Waals surface area (Å²) in [6.07, 6.45) is 7.39. The van der Waals surface area contributed by atoms with E-state index in [0.717, 1.165) is 62.7 Å². The van der Waals surface area contributed by atoms with Crippen molar-refractivity contribution in [1.82, 2.24) is 10.2 Å². The summed E-state index contributed by atoms with van der Waals surface area (Å²) in [5.41, 5.74) is 1.88. The lowest BCUT2D eigenvalue weighted by Gasteiger charge is -2.37. The van der Waals surface area contributed by atoms with Gasteiger partial charge in [0.1, 0.15) is 0 Å². The van der Waals surface area contributed by atoms with Crippen molar-refractivity contribution in [2.75, 3.05) is 37.6 Å². The van der Waals surface area contributed by atoms with Crippen LogP contribution in [0.25, 0.3) is 0 Å². The van der Waals surface area contributed by atoms with Crippen LogP contribution in [0.15, 0.2) is 24.3 Å². The highest BCUT2D eigenvalue weighted by Crippen LogP contribution is 2.27. The molecule has 30 heavy (non-hydrogen) atoms. The van der Waals surface area contributed by atoms with Crippen LogP contribution in [0.1, 0.15) is 56.9 Å². The fraction of sp³-hybridized carbons (Fsp3) is 0.625. The number of piperazine rings is 1. The number of anilines is 1. The summed E-state index contributed by atoms with van der Waals surface area (Å²) < 4.78 is 0. The van der Waals surface area contributed by atoms with Crippen LogP contribution in [-0.4, -0.2) is 49.6 Å². The normalized spacial score (nSPS) is 22.1. The van der Waals surface area contributed by atoms with Gasteiger partial charge in [0, 0.05) is 50.7 Å². The number of hydrogen-bond acceptors (Lipinski definition) is 5. The highest BCUT2D eigenvalue weighted by Gasteiger charge is 2.24. The Bertz CT molecular complexity index is 765. The van der Waals surface area contributed by atoms with Crippen molar-refractivity contribution in [2.24, 2.45) is 5.92 Å². The Balaban J connectivity index is 1.31. The average Bonchev–Trinajstić information content (AvgIpc) is 2.79. The van der Waals surface area contributed by atoms with E-state index in [1.165, 1.54) is 19.3 Å². The first kappa shape index (κ1) is 22.1. The summed E-state index contributed by atoms with van der Waals surface area (Å²) in [5.74, 6) is 0.869. The van der Waals surface area contributed by atoms with Gasteiger partial charge in [0.2, 0.25) is 5.91 Å². The molecule has 1 saturated carbocycles. The Hall–Kier alpha value is -2.57. The number of amides is 1. The van der Waals surface area contributed by atoms with Crippen molar-refractivity contribution in [2.45, 2.75) is 57.4 Å². The molecule has 160 valence electrons. The molecule has 3 rings (SSSR count). The molecule has 1 aromatic carbocycles. The lowest BCUT2D eigenvalue weighted by molar-refractivity contribution is -0.122. The van der Waals surface area contributed by atoms with Crippen LogP contribution in [-0.2, 0) is 4.79 Å². The second-order valence-corrected chi connectivity index (χ2v) is 8.58. The number of unbranched alkanes of at least 4 members (excludes halogenated alkanes) is 1. The molecule has 1 amide bonds. The molecule has 1 N–H and O–H groups in total. The number of benzene rings is 1. The molecule has 1 aliphatic carbocycles. The summed E-state index contributed by atoms with van der Waals surface area (Å²) in [6.45, 7) is 5.33. The van der Waals surface area contributed by atoms with Gasteiger partial charge in [0.05, 0.1) is 17.7 Å². The number of rotatable bonds is 8. The second-order valence-electron chi connectivity index (χ2n) is 8.58. The van der Waals surface area contributed by atoms with Crippen LogP contribution in [0.3, 0.4) is 0 Å². The van der Waals surface area contributed by atoms with Crippen LogP contribution in [0.2, 0.25) is 0 Å². The molecule has 0 bridgehead atoms. The minimum atomic E-state index is 0.104. The van der Waals surface area contributed by atoms with E-state index in [4.69, 9.17) is 10.5 Å². The maximum atomic E-state index is 11.9. The van der Waals surface area contributed by atoms with E-state index in [9.17, 15) is 4.79 Å². The summed E-state index contributed by atoms with van der Waals surface area (Å²) in [4.78, 5) is 16.9. The highest BCUT2D eigenvalue weighted by atomic mass is 16.1. The van der Waals surface area contributed by atoms with Crippen molar-refractivity contribution in [3.05, 3.63) is 29.8 Å². The number of nitrogens with one attached hydrogen (secondary N) is 1. The molecule has 0 spiro atoms. The molecule has 6 nitrogen and oxygen atoms in total. The van der Waals surface area contributed by atoms with Gasteiger partial charge in [-0.05, 0) is 69.2 Å². The topological polar surface area (TPSA) is 83.2 Å². The molecule has 0 unspecified atom stereocenters. The molecular formula is C24H33N5O. The van der Waals surface area contributed by atoms with Gasteiger partial charge < -0.3 is 10.2 Å². The largest absolute Gasteiger partial charge is 0.369 e. The predicted octanol–water partition coefficient (Wildman–Crippen LogP) is 3.44. The van der Waals surface area contributed by atoms with E-state index in [1.807, 2.05) is 18.2 Å². The fourth-order valence-corrected chi connectivity index (χ4v) is 4.59. The third-order valence-electron chi connectivity index (χ3n) is 6.47. The molecule has 6 heteroatoms. The van der Waals surface area contributed by atoms with Crippen LogP contribution in [0.4, 0.5) is 5.69 Å². The van der Waals surface area contributed by atoms with E-state index in [1.54, 1.807) is 0 Å². The molecule has 2 fully saturated rings. The highest BCUT2D eigenvalue weighted by molar-refractivity contribution is 5.76. The molecule has 1 aliphatic heterocycles. The van der Waals surface area contributed by atoms with E-state index < -0.39 is 0 Å². The Kier molecular flexibility index (Phi) is 8.53. The number of nitrogens with zero attached hydrogens (tertiary/aromatic N) is 4. The van der Waals surface area contributed by atoms with E-state index in [2.05, 4.69) is 33.3 Å².